The van der Waals surface area contributed by atoms with Crippen LogP contribution in [0.5, 0.6) is 0 Å². The summed E-state index contributed by atoms with van der Waals surface area (Å²) in [7, 11) is 0. The molecule has 0 aliphatic rings. The SMILES string of the molecule is OCC(O)CNc1c(F)cc(F)c(F)c1F. The number of benzene rings is 1. The van der Waals surface area contributed by atoms with Gasteiger partial charge in [-0.1, -0.05) is 0 Å². The lowest BCUT2D eigenvalue weighted by atomic mass is 10.2. The fraction of sp³-hybridized carbons (Fsp3) is 0.333. The molecule has 90 valence electrons. The summed E-state index contributed by atoms with van der Waals surface area (Å²) in [6, 6.07) is 0.187. The molecular weight excluding hydrogens is 230 g/mol. The summed E-state index contributed by atoms with van der Waals surface area (Å²) >= 11 is 0. The van der Waals surface area contributed by atoms with Crippen LogP contribution in [-0.4, -0.2) is 29.5 Å². The van der Waals surface area contributed by atoms with Crippen molar-refractivity contribution in [2.45, 2.75) is 6.10 Å². The fourth-order valence-electron chi connectivity index (χ4n) is 1.01. The summed E-state index contributed by atoms with van der Waals surface area (Å²) in [5.74, 6) is -6.46. The third kappa shape index (κ3) is 2.61. The van der Waals surface area contributed by atoms with Crippen LogP contribution in [0.25, 0.3) is 0 Å². The summed E-state index contributed by atoms with van der Waals surface area (Å²) in [5, 5.41) is 19.4. The highest BCUT2D eigenvalue weighted by atomic mass is 19.2. The van der Waals surface area contributed by atoms with Gasteiger partial charge in [0.05, 0.1) is 12.7 Å². The van der Waals surface area contributed by atoms with Gasteiger partial charge >= 0.3 is 0 Å². The number of halogens is 4. The van der Waals surface area contributed by atoms with Crippen molar-refractivity contribution < 1.29 is 27.8 Å². The van der Waals surface area contributed by atoms with Gasteiger partial charge in [-0.25, -0.2) is 17.6 Å². The molecule has 0 aromatic heterocycles. The summed E-state index contributed by atoms with van der Waals surface area (Å²) in [5.41, 5.74) is -0.883. The minimum absolute atomic E-state index is 0.187. The molecule has 0 spiro atoms. The predicted octanol–water partition coefficient (Wildman–Crippen LogP) is 1.01. The molecule has 0 amide bonds. The second-order valence-corrected chi connectivity index (χ2v) is 3.06. The zero-order valence-corrected chi connectivity index (χ0v) is 7.98. The van der Waals surface area contributed by atoms with Crippen molar-refractivity contribution in [3.63, 3.8) is 0 Å². The van der Waals surface area contributed by atoms with Gasteiger partial charge in [0.15, 0.2) is 23.3 Å². The summed E-state index contributed by atoms with van der Waals surface area (Å²) in [6.45, 7) is -1.02. The van der Waals surface area contributed by atoms with E-state index in [1.807, 2.05) is 5.32 Å². The maximum atomic E-state index is 13.0. The zero-order valence-electron chi connectivity index (χ0n) is 7.98. The molecular formula is C9H9F4NO2. The van der Waals surface area contributed by atoms with Crippen LogP contribution in [0.2, 0.25) is 0 Å². The Kier molecular flexibility index (Phi) is 4.08. The highest BCUT2D eigenvalue weighted by molar-refractivity contribution is 5.47. The minimum Gasteiger partial charge on any atom is -0.394 e. The first-order chi connectivity index (χ1) is 7.47. The van der Waals surface area contributed by atoms with Gasteiger partial charge in [-0.15, -0.1) is 0 Å². The number of anilines is 1. The number of nitrogens with one attached hydrogen (secondary N) is 1. The van der Waals surface area contributed by atoms with Crippen LogP contribution in [-0.2, 0) is 0 Å². The minimum atomic E-state index is -1.80. The maximum Gasteiger partial charge on any atom is 0.196 e. The first-order valence-corrected chi connectivity index (χ1v) is 4.33. The van der Waals surface area contributed by atoms with E-state index in [-0.39, 0.29) is 6.07 Å². The molecule has 1 atom stereocenters. The third-order valence-electron chi connectivity index (χ3n) is 1.84. The zero-order chi connectivity index (χ0) is 12.3. The molecule has 1 rings (SSSR count). The summed E-state index contributed by atoms with van der Waals surface area (Å²) < 4.78 is 51.2. The van der Waals surface area contributed by atoms with Gasteiger partial charge in [0.1, 0.15) is 5.69 Å². The molecule has 3 nitrogen and oxygen atoms in total. The lowest BCUT2D eigenvalue weighted by molar-refractivity contribution is 0.105. The lowest BCUT2D eigenvalue weighted by Crippen LogP contribution is -2.24. The Labute approximate surface area is 88.3 Å². The summed E-state index contributed by atoms with van der Waals surface area (Å²) in [6.07, 6.45) is -1.26. The van der Waals surface area contributed by atoms with Gasteiger partial charge in [0.25, 0.3) is 0 Å². The van der Waals surface area contributed by atoms with E-state index in [2.05, 4.69) is 0 Å². The molecule has 0 saturated heterocycles. The summed E-state index contributed by atoms with van der Waals surface area (Å²) in [4.78, 5) is 0. The molecule has 0 heterocycles. The van der Waals surface area contributed by atoms with E-state index in [1.54, 1.807) is 0 Å². The Morgan fingerprint density at radius 1 is 1.12 bits per heavy atom. The number of rotatable bonds is 4. The lowest BCUT2D eigenvalue weighted by Gasteiger charge is -2.12. The highest BCUT2D eigenvalue weighted by Crippen LogP contribution is 2.23. The van der Waals surface area contributed by atoms with E-state index >= 15 is 0 Å². The first-order valence-electron chi connectivity index (χ1n) is 4.33. The van der Waals surface area contributed by atoms with Crippen molar-refractivity contribution in [3.05, 3.63) is 29.3 Å². The van der Waals surface area contributed by atoms with E-state index in [9.17, 15) is 17.6 Å². The van der Waals surface area contributed by atoms with Gasteiger partial charge in [-0.3, -0.25) is 0 Å². The Balaban J connectivity index is 2.92. The van der Waals surface area contributed by atoms with Crippen LogP contribution >= 0.6 is 0 Å². The fourth-order valence-corrected chi connectivity index (χ4v) is 1.01. The number of hydrogen-bond acceptors (Lipinski definition) is 3. The van der Waals surface area contributed by atoms with Crippen LogP contribution in [0.15, 0.2) is 6.07 Å². The molecule has 0 saturated carbocycles. The first kappa shape index (κ1) is 12.7. The molecule has 0 aliphatic heterocycles. The smallest absolute Gasteiger partial charge is 0.196 e. The van der Waals surface area contributed by atoms with Crippen molar-refractivity contribution in [2.24, 2.45) is 0 Å². The van der Waals surface area contributed by atoms with Crippen molar-refractivity contribution in [1.82, 2.24) is 0 Å². The Morgan fingerprint density at radius 3 is 2.31 bits per heavy atom. The molecule has 3 N–H and O–H groups in total. The van der Waals surface area contributed by atoms with E-state index in [0.29, 0.717) is 0 Å². The second-order valence-electron chi connectivity index (χ2n) is 3.06. The average Bonchev–Trinajstić information content (AvgIpc) is 2.25. The van der Waals surface area contributed by atoms with Crippen molar-refractivity contribution in [2.75, 3.05) is 18.5 Å². The highest BCUT2D eigenvalue weighted by Gasteiger charge is 2.19. The van der Waals surface area contributed by atoms with Crippen molar-refractivity contribution in [1.29, 1.82) is 0 Å². The Hall–Kier alpha value is -1.34. The van der Waals surface area contributed by atoms with Crippen LogP contribution in [0.3, 0.4) is 0 Å². The van der Waals surface area contributed by atoms with Crippen molar-refractivity contribution in [3.8, 4) is 0 Å². The number of aliphatic hydroxyl groups excluding tert-OH is 2. The van der Waals surface area contributed by atoms with Crippen molar-refractivity contribution >= 4 is 5.69 Å². The molecule has 0 fully saturated rings. The van der Waals surface area contributed by atoms with Gasteiger partial charge < -0.3 is 15.5 Å². The number of hydrogen-bond donors (Lipinski definition) is 3. The van der Waals surface area contributed by atoms with Gasteiger partial charge in [-0.2, -0.15) is 0 Å². The van der Waals surface area contributed by atoms with E-state index in [1.165, 1.54) is 0 Å². The van der Waals surface area contributed by atoms with E-state index in [0.717, 1.165) is 0 Å². The van der Waals surface area contributed by atoms with Crippen LogP contribution in [0.1, 0.15) is 0 Å². The van der Waals surface area contributed by atoms with E-state index in [4.69, 9.17) is 10.2 Å². The van der Waals surface area contributed by atoms with Gasteiger partial charge in [0.2, 0.25) is 0 Å². The molecule has 16 heavy (non-hydrogen) atoms. The largest absolute Gasteiger partial charge is 0.394 e. The normalized spacial score (nSPS) is 12.6. The molecule has 0 radical (unpaired) electrons. The maximum absolute atomic E-state index is 13.0. The van der Waals surface area contributed by atoms with Gasteiger partial charge in [0, 0.05) is 12.6 Å². The topological polar surface area (TPSA) is 52.5 Å². The Bertz CT molecular complexity index is 386. The van der Waals surface area contributed by atoms with Crippen LogP contribution in [0.4, 0.5) is 23.2 Å². The second kappa shape index (κ2) is 5.13. The molecule has 7 heteroatoms. The molecule has 1 aromatic rings. The number of aliphatic hydroxyl groups is 2. The predicted molar refractivity (Wildman–Crippen MR) is 47.9 cm³/mol. The molecule has 1 unspecified atom stereocenters. The van der Waals surface area contributed by atoms with E-state index < -0.39 is 48.2 Å². The average molecular weight is 239 g/mol. The molecule has 0 bridgehead atoms. The van der Waals surface area contributed by atoms with Gasteiger partial charge in [-0.05, 0) is 0 Å². The quantitative estimate of drug-likeness (QED) is 0.417. The van der Waals surface area contributed by atoms with Crippen LogP contribution in [0, 0.1) is 23.3 Å². The third-order valence-corrected chi connectivity index (χ3v) is 1.84. The molecule has 1 aromatic carbocycles. The Morgan fingerprint density at radius 2 is 1.75 bits per heavy atom. The molecule has 0 aliphatic carbocycles. The van der Waals surface area contributed by atoms with Crippen LogP contribution < -0.4 is 5.32 Å². The monoisotopic (exact) mass is 239 g/mol. The standard InChI is InChI=1S/C9H9F4NO2/c10-5-1-6(11)9(8(13)7(5)12)14-2-4(16)3-15/h1,4,14-16H,2-3H2.